The average Bonchev–Trinajstić information content (AvgIpc) is 2.37. The van der Waals surface area contributed by atoms with E-state index in [0.29, 0.717) is 11.6 Å². The van der Waals surface area contributed by atoms with Crippen molar-refractivity contribution < 1.29 is 22.4 Å². The summed E-state index contributed by atoms with van der Waals surface area (Å²) in [5, 5.41) is 0. The van der Waals surface area contributed by atoms with Gasteiger partial charge < -0.3 is 0 Å². The highest BCUT2D eigenvalue weighted by molar-refractivity contribution is 14.1. The molecule has 2 rings (SSSR count). The lowest BCUT2D eigenvalue weighted by atomic mass is 10.0. The molecule has 0 unspecified atom stereocenters. The topological polar surface area (TPSA) is 17.1 Å². The molecule has 0 saturated carbocycles. The summed E-state index contributed by atoms with van der Waals surface area (Å²) >= 11 is 2.09. The molecule has 0 heterocycles. The highest BCUT2D eigenvalue weighted by Gasteiger charge is 2.33. The Morgan fingerprint density at radius 3 is 2.19 bits per heavy atom. The fraction of sp³-hybridized carbons (Fsp3) is 0.133. The monoisotopic (exact) mass is 408 g/mol. The summed E-state index contributed by atoms with van der Waals surface area (Å²) in [5.41, 5.74) is -0.673. The van der Waals surface area contributed by atoms with E-state index >= 15 is 0 Å². The van der Waals surface area contributed by atoms with E-state index in [9.17, 15) is 22.4 Å². The number of carbonyl (C=O) groups excluding carboxylic acids is 1. The van der Waals surface area contributed by atoms with Gasteiger partial charge in [0.1, 0.15) is 5.82 Å². The van der Waals surface area contributed by atoms with Crippen LogP contribution in [0.1, 0.15) is 21.5 Å². The van der Waals surface area contributed by atoms with Crippen LogP contribution in [0.15, 0.2) is 42.5 Å². The summed E-state index contributed by atoms with van der Waals surface area (Å²) in [6, 6.07) is 9.30. The van der Waals surface area contributed by atoms with Gasteiger partial charge in [-0.2, -0.15) is 13.2 Å². The SMILES string of the molecule is O=C(Cc1ccc(C(F)(F)F)c(F)c1)c1ccc(I)cc1. The van der Waals surface area contributed by atoms with E-state index in [1.54, 1.807) is 24.3 Å². The van der Waals surface area contributed by atoms with Crippen molar-refractivity contribution in [3.05, 3.63) is 68.5 Å². The molecule has 0 aromatic heterocycles. The molecule has 0 bridgehead atoms. The Morgan fingerprint density at radius 2 is 1.67 bits per heavy atom. The van der Waals surface area contributed by atoms with E-state index < -0.39 is 17.6 Å². The van der Waals surface area contributed by atoms with Gasteiger partial charge in [0.05, 0.1) is 5.56 Å². The summed E-state index contributed by atoms with van der Waals surface area (Å²) in [6.07, 6.45) is -4.88. The summed E-state index contributed by atoms with van der Waals surface area (Å²) < 4.78 is 51.7. The molecule has 0 radical (unpaired) electrons. The van der Waals surface area contributed by atoms with Crippen molar-refractivity contribution >= 4 is 28.4 Å². The molecule has 0 aliphatic carbocycles. The average molecular weight is 408 g/mol. The number of halogens is 5. The Balaban J connectivity index is 2.19. The van der Waals surface area contributed by atoms with E-state index in [1.807, 2.05) is 0 Å². The number of rotatable bonds is 3. The van der Waals surface area contributed by atoms with Gasteiger partial charge in [-0.3, -0.25) is 4.79 Å². The first-order valence-corrected chi connectivity index (χ1v) is 6.99. The fourth-order valence-corrected chi connectivity index (χ4v) is 2.18. The van der Waals surface area contributed by atoms with Crippen LogP contribution in [0.2, 0.25) is 0 Å². The molecule has 0 N–H and O–H groups in total. The molecule has 0 spiro atoms. The van der Waals surface area contributed by atoms with Crippen LogP contribution < -0.4 is 0 Å². The molecular formula is C15H9F4IO. The van der Waals surface area contributed by atoms with E-state index in [0.717, 1.165) is 15.7 Å². The van der Waals surface area contributed by atoms with Crippen LogP contribution in [0, 0.1) is 9.39 Å². The lowest BCUT2D eigenvalue weighted by molar-refractivity contribution is -0.140. The first-order chi connectivity index (χ1) is 9.77. The van der Waals surface area contributed by atoms with Gasteiger partial charge >= 0.3 is 6.18 Å². The van der Waals surface area contributed by atoms with Crippen molar-refractivity contribution in [2.45, 2.75) is 12.6 Å². The molecule has 0 saturated heterocycles. The molecule has 0 fully saturated rings. The molecule has 2 aromatic rings. The Hall–Kier alpha value is -1.44. The van der Waals surface area contributed by atoms with Crippen LogP contribution in [0.25, 0.3) is 0 Å². The minimum absolute atomic E-state index is 0.143. The van der Waals surface area contributed by atoms with Crippen LogP contribution in [-0.2, 0) is 12.6 Å². The maximum absolute atomic E-state index is 13.4. The van der Waals surface area contributed by atoms with Crippen LogP contribution in [0.4, 0.5) is 17.6 Å². The van der Waals surface area contributed by atoms with Crippen LogP contribution >= 0.6 is 22.6 Å². The van der Waals surface area contributed by atoms with Crippen molar-refractivity contribution in [1.29, 1.82) is 0 Å². The van der Waals surface area contributed by atoms with Gasteiger partial charge in [-0.15, -0.1) is 0 Å². The largest absolute Gasteiger partial charge is 0.419 e. The van der Waals surface area contributed by atoms with Crippen molar-refractivity contribution in [2.75, 3.05) is 0 Å². The predicted octanol–water partition coefficient (Wildman–Crippen LogP) is 4.87. The maximum atomic E-state index is 13.4. The number of ketones is 1. The lowest BCUT2D eigenvalue weighted by Gasteiger charge is -2.09. The van der Waals surface area contributed by atoms with E-state index in [4.69, 9.17) is 0 Å². The fourth-order valence-electron chi connectivity index (χ4n) is 1.82. The highest BCUT2D eigenvalue weighted by Crippen LogP contribution is 2.31. The molecule has 1 nitrogen and oxygen atoms in total. The Labute approximate surface area is 132 Å². The van der Waals surface area contributed by atoms with Gasteiger partial charge in [0.15, 0.2) is 5.78 Å². The van der Waals surface area contributed by atoms with Gasteiger partial charge in [-0.05, 0) is 52.4 Å². The zero-order chi connectivity index (χ0) is 15.6. The first-order valence-electron chi connectivity index (χ1n) is 5.92. The Morgan fingerprint density at radius 1 is 1.05 bits per heavy atom. The molecule has 21 heavy (non-hydrogen) atoms. The normalized spacial score (nSPS) is 11.5. The third-order valence-electron chi connectivity index (χ3n) is 2.87. The third-order valence-corrected chi connectivity index (χ3v) is 3.59. The molecule has 0 aliphatic heterocycles. The van der Waals surface area contributed by atoms with E-state index in [1.165, 1.54) is 0 Å². The van der Waals surface area contributed by atoms with Crippen molar-refractivity contribution in [2.24, 2.45) is 0 Å². The highest BCUT2D eigenvalue weighted by atomic mass is 127. The standard InChI is InChI=1S/C15H9F4IO/c16-13-7-9(1-6-12(13)15(17,18)19)8-14(21)10-2-4-11(20)5-3-10/h1-7H,8H2. The number of hydrogen-bond acceptors (Lipinski definition) is 1. The molecule has 0 amide bonds. The second-order valence-electron chi connectivity index (χ2n) is 4.42. The van der Waals surface area contributed by atoms with Gasteiger partial charge in [0.2, 0.25) is 0 Å². The van der Waals surface area contributed by atoms with Crippen LogP contribution in [-0.4, -0.2) is 5.78 Å². The number of hydrogen-bond donors (Lipinski definition) is 0. The van der Waals surface area contributed by atoms with Gasteiger partial charge in [0, 0.05) is 15.6 Å². The third kappa shape index (κ3) is 4.03. The summed E-state index contributed by atoms with van der Waals surface area (Å²) in [7, 11) is 0. The van der Waals surface area contributed by atoms with Crippen molar-refractivity contribution in [1.82, 2.24) is 0 Å². The minimum Gasteiger partial charge on any atom is -0.294 e. The molecular weight excluding hydrogens is 399 g/mol. The smallest absolute Gasteiger partial charge is 0.294 e. The number of Topliss-reactive ketones (excluding diaryl/α,β-unsaturated/α-hetero) is 1. The van der Waals surface area contributed by atoms with Gasteiger partial charge in [0.25, 0.3) is 0 Å². The Kier molecular flexibility index (Phi) is 4.65. The first kappa shape index (κ1) is 15.9. The lowest BCUT2D eigenvalue weighted by Crippen LogP contribution is -2.09. The maximum Gasteiger partial charge on any atom is 0.419 e. The summed E-state index contributed by atoms with van der Waals surface area (Å²) in [4.78, 5) is 12.0. The van der Waals surface area contributed by atoms with E-state index in [2.05, 4.69) is 22.6 Å². The quantitative estimate of drug-likeness (QED) is 0.402. The number of benzene rings is 2. The zero-order valence-electron chi connectivity index (χ0n) is 10.5. The number of alkyl halides is 3. The zero-order valence-corrected chi connectivity index (χ0v) is 12.7. The van der Waals surface area contributed by atoms with Gasteiger partial charge in [-0.1, -0.05) is 18.2 Å². The van der Waals surface area contributed by atoms with Crippen LogP contribution in [0.5, 0.6) is 0 Å². The second kappa shape index (κ2) is 6.13. The van der Waals surface area contributed by atoms with Crippen molar-refractivity contribution in [3.63, 3.8) is 0 Å². The summed E-state index contributed by atoms with van der Waals surface area (Å²) in [5.74, 6) is -1.64. The number of carbonyl (C=O) groups is 1. The van der Waals surface area contributed by atoms with Crippen LogP contribution in [0.3, 0.4) is 0 Å². The summed E-state index contributed by atoms with van der Waals surface area (Å²) in [6.45, 7) is 0. The minimum atomic E-state index is -4.73. The molecule has 2 aromatic carbocycles. The second-order valence-corrected chi connectivity index (χ2v) is 5.66. The van der Waals surface area contributed by atoms with Gasteiger partial charge in [-0.25, -0.2) is 4.39 Å². The molecule has 0 atom stereocenters. The Bertz CT molecular complexity index is 662. The molecule has 110 valence electrons. The predicted molar refractivity (Wildman–Crippen MR) is 78.6 cm³/mol. The molecule has 6 heteroatoms. The molecule has 0 aliphatic rings. The van der Waals surface area contributed by atoms with E-state index in [-0.39, 0.29) is 17.8 Å². The van der Waals surface area contributed by atoms with Crippen molar-refractivity contribution in [3.8, 4) is 0 Å².